The van der Waals surface area contributed by atoms with Crippen molar-refractivity contribution in [1.29, 1.82) is 0 Å². The third-order valence-corrected chi connectivity index (χ3v) is 2.89. The second kappa shape index (κ2) is 5.89. The number of ether oxygens (including phenoxy) is 2. The average molecular weight is 236 g/mol. The quantitative estimate of drug-likeness (QED) is 0.866. The molecular weight excluding hydrogens is 216 g/mol. The fourth-order valence-corrected chi connectivity index (χ4v) is 1.77. The molecule has 0 aliphatic carbocycles. The van der Waals surface area contributed by atoms with Crippen LogP contribution in [0.1, 0.15) is 6.42 Å². The predicted molar refractivity (Wildman–Crippen MR) is 69.6 cm³/mol. The van der Waals surface area contributed by atoms with E-state index in [2.05, 4.69) is 34.5 Å². The summed E-state index contributed by atoms with van der Waals surface area (Å²) >= 11 is 0. The summed E-state index contributed by atoms with van der Waals surface area (Å²) in [5.41, 5.74) is 2.34. The van der Waals surface area contributed by atoms with E-state index in [1.54, 1.807) is 0 Å². The number of anilines is 2. The first-order valence-electron chi connectivity index (χ1n) is 5.96. The molecule has 4 heteroatoms. The molecule has 1 aliphatic heterocycles. The Morgan fingerprint density at radius 2 is 2.06 bits per heavy atom. The molecular formula is C13H20N2O2. The van der Waals surface area contributed by atoms with Crippen LogP contribution in [0.5, 0.6) is 0 Å². The van der Waals surface area contributed by atoms with Gasteiger partial charge in [0.1, 0.15) is 6.79 Å². The van der Waals surface area contributed by atoms with Crippen molar-refractivity contribution in [2.45, 2.75) is 12.5 Å². The Morgan fingerprint density at radius 1 is 1.29 bits per heavy atom. The molecule has 1 heterocycles. The molecule has 1 saturated heterocycles. The van der Waals surface area contributed by atoms with E-state index in [0.717, 1.165) is 25.3 Å². The Bertz CT molecular complexity index is 332. The van der Waals surface area contributed by atoms with Crippen LogP contribution in [-0.2, 0) is 9.47 Å². The molecule has 0 aromatic heterocycles. The van der Waals surface area contributed by atoms with Crippen molar-refractivity contribution in [2.75, 3.05) is 44.3 Å². The maximum atomic E-state index is 5.47. The van der Waals surface area contributed by atoms with E-state index in [4.69, 9.17) is 9.47 Å². The number of benzene rings is 1. The lowest BCUT2D eigenvalue weighted by atomic mass is 10.2. The highest BCUT2D eigenvalue weighted by Gasteiger charge is 2.13. The van der Waals surface area contributed by atoms with Gasteiger partial charge in [-0.25, -0.2) is 0 Å². The molecule has 1 aromatic carbocycles. The lowest BCUT2D eigenvalue weighted by Crippen LogP contribution is -2.30. The summed E-state index contributed by atoms with van der Waals surface area (Å²) in [6, 6.07) is 8.39. The fourth-order valence-electron chi connectivity index (χ4n) is 1.77. The Labute approximate surface area is 103 Å². The molecule has 0 bridgehead atoms. The first-order valence-corrected chi connectivity index (χ1v) is 5.96. The van der Waals surface area contributed by atoms with Crippen LogP contribution in [0.25, 0.3) is 0 Å². The minimum absolute atomic E-state index is 0.261. The molecule has 17 heavy (non-hydrogen) atoms. The maximum absolute atomic E-state index is 5.47. The van der Waals surface area contributed by atoms with E-state index in [1.807, 2.05) is 14.1 Å². The van der Waals surface area contributed by atoms with E-state index < -0.39 is 0 Å². The Balaban J connectivity index is 1.82. The van der Waals surface area contributed by atoms with Gasteiger partial charge in [-0.3, -0.25) is 0 Å². The average Bonchev–Trinajstić information content (AvgIpc) is 2.38. The summed E-state index contributed by atoms with van der Waals surface area (Å²) in [5.74, 6) is 0. The molecule has 0 spiro atoms. The Morgan fingerprint density at radius 3 is 2.65 bits per heavy atom. The molecule has 1 fully saturated rings. The second-order valence-corrected chi connectivity index (χ2v) is 4.43. The molecule has 2 rings (SSSR count). The van der Waals surface area contributed by atoms with Crippen LogP contribution in [0.4, 0.5) is 11.4 Å². The third kappa shape index (κ3) is 3.61. The van der Waals surface area contributed by atoms with Crippen LogP contribution in [0, 0.1) is 0 Å². The highest BCUT2D eigenvalue weighted by molar-refractivity contribution is 5.54. The number of hydrogen-bond donors (Lipinski definition) is 1. The van der Waals surface area contributed by atoms with Crippen LogP contribution in [0.15, 0.2) is 24.3 Å². The molecule has 0 amide bonds. The molecule has 1 aliphatic rings. The molecule has 1 aromatic rings. The number of nitrogens with one attached hydrogen (secondary N) is 1. The van der Waals surface area contributed by atoms with Crippen molar-refractivity contribution in [3.63, 3.8) is 0 Å². The standard InChI is InChI=1S/C13H20N2O2/c1-15(2)12-5-3-11(4-6-12)14-9-13-7-8-16-10-17-13/h3-6,13-14H,7-10H2,1-2H3. The minimum Gasteiger partial charge on any atom is -0.382 e. The van der Waals surface area contributed by atoms with E-state index in [1.165, 1.54) is 5.69 Å². The highest BCUT2D eigenvalue weighted by Crippen LogP contribution is 2.16. The zero-order valence-electron chi connectivity index (χ0n) is 10.5. The molecule has 4 nitrogen and oxygen atoms in total. The van der Waals surface area contributed by atoms with Gasteiger partial charge in [0.05, 0.1) is 12.7 Å². The summed E-state index contributed by atoms with van der Waals surface area (Å²) < 4.78 is 10.6. The summed E-state index contributed by atoms with van der Waals surface area (Å²) in [6.07, 6.45) is 1.22. The lowest BCUT2D eigenvalue weighted by molar-refractivity contribution is -0.133. The topological polar surface area (TPSA) is 33.7 Å². The van der Waals surface area contributed by atoms with Crippen LogP contribution < -0.4 is 10.2 Å². The second-order valence-electron chi connectivity index (χ2n) is 4.43. The van der Waals surface area contributed by atoms with Gasteiger partial charge in [-0.1, -0.05) is 0 Å². The van der Waals surface area contributed by atoms with Crippen molar-refractivity contribution in [3.8, 4) is 0 Å². The normalized spacial score (nSPS) is 20.0. The number of rotatable bonds is 4. The van der Waals surface area contributed by atoms with Gasteiger partial charge in [0.15, 0.2) is 0 Å². The van der Waals surface area contributed by atoms with E-state index in [9.17, 15) is 0 Å². The van der Waals surface area contributed by atoms with Crippen molar-refractivity contribution >= 4 is 11.4 Å². The van der Waals surface area contributed by atoms with Gasteiger partial charge in [-0.05, 0) is 30.7 Å². The molecule has 1 N–H and O–H groups in total. The molecule has 1 atom stereocenters. The van der Waals surface area contributed by atoms with Gasteiger partial charge in [0.25, 0.3) is 0 Å². The zero-order chi connectivity index (χ0) is 12.1. The molecule has 1 unspecified atom stereocenters. The van der Waals surface area contributed by atoms with E-state index in [-0.39, 0.29) is 6.10 Å². The summed E-state index contributed by atoms with van der Waals surface area (Å²) in [4.78, 5) is 2.09. The van der Waals surface area contributed by atoms with Crippen molar-refractivity contribution in [2.24, 2.45) is 0 Å². The monoisotopic (exact) mass is 236 g/mol. The molecule has 94 valence electrons. The summed E-state index contributed by atoms with van der Waals surface area (Å²) in [6.45, 7) is 2.06. The maximum Gasteiger partial charge on any atom is 0.147 e. The van der Waals surface area contributed by atoms with Crippen LogP contribution in [-0.4, -0.2) is 40.1 Å². The van der Waals surface area contributed by atoms with Crippen LogP contribution >= 0.6 is 0 Å². The molecule has 0 saturated carbocycles. The van der Waals surface area contributed by atoms with Crippen molar-refractivity contribution in [1.82, 2.24) is 0 Å². The predicted octanol–water partition coefficient (Wildman–Crippen LogP) is 1.93. The van der Waals surface area contributed by atoms with Gasteiger partial charge in [0, 0.05) is 32.0 Å². The minimum atomic E-state index is 0.261. The third-order valence-electron chi connectivity index (χ3n) is 2.89. The lowest BCUT2D eigenvalue weighted by Gasteiger charge is -2.23. The van der Waals surface area contributed by atoms with Crippen LogP contribution in [0.2, 0.25) is 0 Å². The SMILES string of the molecule is CN(C)c1ccc(NCC2CCOCO2)cc1. The summed E-state index contributed by atoms with van der Waals surface area (Å²) in [5, 5.41) is 3.38. The summed E-state index contributed by atoms with van der Waals surface area (Å²) in [7, 11) is 4.08. The zero-order valence-corrected chi connectivity index (χ0v) is 10.5. The number of nitrogens with zero attached hydrogens (tertiary/aromatic N) is 1. The highest BCUT2D eigenvalue weighted by atomic mass is 16.7. The largest absolute Gasteiger partial charge is 0.382 e. The smallest absolute Gasteiger partial charge is 0.147 e. The first kappa shape index (κ1) is 12.2. The number of hydrogen-bond acceptors (Lipinski definition) is 4. The Kier molecular flexibility index (Phi) is 4.23. The van der Waals surface area contributed by atoms with Crippen molar-refractivity contribution in [3.05, 3.63) is 24.3 Å². The Hall–Kier alpha value is -1.26. The van der Waals surface area contributed by atoms with E-state index >= 15 is 0 Å². The van der Waals surface area contributed by atoms with Crippen LogP contribution in [0.3, 0.4) is 0 Å². The van der Waals surface area contributed by atoms with Gasteiger partial charge in [0.2, 0.25) is 0 Å². The van der Waals surface area contributed by atoms with E-state index in [0.29, 0.717) is 6.79 Å². The first-order chi connectivity index (χ1) is 8.25. The van der Waals surface area contributed by atoms with Crippen molar-refractivity contribution < 1.29 is 9.47 Å². The van der Waals surface area contributed by atoms with Gasteiger partial charge in [-0.2, -0.15) is 0 Å². The van der Waals surface area contributed by atoms with Gasteiger partial charge in [-0.15, -0.1) is 0 Å². The fraction of sp³-hybridized carbons (Fsp3) is 0.538. The van der Waals surface area contributed by atoms with Gasteiger partial charge < -0.3 is 19.7 Å². The van der Waals surface area contributed by atoms with Gasteiger partial charge >= 0.3 is 0 Å². The molecule has 0 radical (unpaired) electrons.